The average molecular weight is 175 g/mol. The minimum absolute atomic E-state index is 0.627. The van der Waals surface area contributed by atoms with Gasteiger partial charge in [-0.2, -0.15) is 0 Å². The molecule has 2 nitrogen and oxygen atoms in total. The van der Waals surface area contributed by atoms with Crippen molar-refractivity contribution in [2.75, 3.05) is 7.11 Å². The molecule has 1 aliphatic carbocycles. The zero-order valence-corrected chi connectivity index (χ0v) is 7.73. The van der Waals surface area contributed by atoms with Crippen LogP contribution in [0.4, 0.5) is 0 Å². The molecule has 13 heavy (non-hydrogen) atoms. The predicted octanol–water partition coefficient (Wildman–Crippen LogP) is 2.45. The monoisotopic (exact) mass is 175 g/mol. The molecular weight excluding hydrogens is 162 g/mol. The van der Waals surface area contributed by atoms with E-state index < -0.39 is 0 Å². The fourth-order valence-electron chi connectivity index (χ4n) is 1.43. The van der Waals surface area contributed by atoms with Crippen LogP contribution in [0, 0.1) is 5.92 Å². The summed E-state index contributed by atoms with van der Waals surface area (Å²) in [6.07, 6.45) is 2.49. The highest BCUT2D eigenvalue weighted by atomic mass is 16.6. The van der Waals surface area contributed by atoms with Gasteiger partial charge >= 0.3 is 0 Å². The minimum atomic E-state index is 0.627. The third-order valence-electron chi connectivity index (χ3n) is 2.22. The summed E-state index contributed by atoms with van der Waals surface area (Å²) in [7, 11) is 1.60. The maximum Gasteiger partial charge on any atom is 0.106 e. The van der Waals surface area contributed by atoms with Crippen molar-refractivity contribution in [1.82, 2.24) is 0 Å². The van der Waals surface area contributed by atoms with Crippen molar-refractivity contribution in [3.63, 3.8) is 0 Å². The highest BCUT2D eigenvalue weighted by molar-refractivity contribution is 6.03. The summed E-state index contributed by atoms with van der Waals surface area (Å²) in [5.74, 6) is 0.627. The third kappa shape index (κ3) is 1.89. The Morgan fingerprint density at radius 2 is 2.00 bits per heavy atom. The molecule has 0 atom stereocenters. The van der Waals surface area contributed by atoms with Crippen LogP contribution in [-0.4, -0.2) is 12.8 Å². The van der Waals surface area contributed by atoms with Gasteiger partial charge in [-0.05, 0) is 18.4 Å². The molecule has 0 heterocycles. The van der Waals surface area contributed by atoms with E-state index in [4.69, 9.17) is 4.84 Å². The topological polar surface area (TPSA) is 21.6 Å². The molecule has 0 saturated heterocycles. The second kappa shape index (κ2) is 3.60. The van der Waals surface area contributed by atoms with Crippen LogP contribution < -0.4 is 0 Å². The van der Waals surface area contributed by atoms with Crippen molar-refractivity contribution >= 4 is 5.71 Å². The molecule has 0 amide bonds. The lowest BCUT2D eigenvalue weighted by atomic mass is 10.1. The first-order chi connectivity index (χ1) is 6.42. The minimum Gasteiger partial charge on any atom is -0.399 e. The van der Waals surface area contributed by atoms with E-state index in [1.54, 1.807) is 7.11 Å². The second-order valence-electron chi connectivity index (χ2n) is 3.30. The van der Waals surface area contributed by atoms with Gasteiger partial charge in [0.1, 0.15) is 7.11 Å². The zero-order valence-electron chi connectivity index (χ0n) is 7.73. The smallest absolute Gasteiger partial charge is 0.106 e. The average Bonchev–Trinajstić information content (AvgIpc) is 2.99. The molecule has 0 radical (unpaired) electrons. The molecule has 1 fully saturated rings. The molecule has 1 aliphatic rings. The van der Waals surface area contributed by atoms with Gasteiger partial charge in [-0.1, -0.05) is 35.5 Å². The molecule has 0 bridgehead atoms. The van der Waals surface area contributed by atoms with E-state index in [1.165, 1.54) is 18.4 Å². The number of nitrogens with zero attached hydrogens (tertiary/aromatic N) is 1. The molecule has 1 aromatic carbocycles. The van der Waals surface area contributed by atoms with Crippen molar-refractivity contribution < 1.29 is 4.84 Å². The lowest BCUT2D eigenvalue weighted by molar-refractivity contribution is 0.212. The summed E-state index contributed by atoms with van der Waals surface area (Å²) < 4.78 is 0. The van der Waals surface area contributed by atoms with Crippen molar-refractivity contribution in [3.05, 3.63) is 35.9 Å². The lowest BCUT2D eigenvalue weighted by Gasteiger charge is -2.02. The van der Waals surface area contributed by atoms with Gasteiger partial charge in [0, 0.05) is 5.92 Å². The molecule has 0 unspecified atom stereocenters. The molecule has 2 rings (SSSR count). The number of hydrogen-bond donors (Lipinski definition) is 0. The Bertz CT molecular complexity index is 301. The quantitative estimate of drug-likeness (QED) is 0.510. The van der Waals surface area contributed by atoms with Crippen molar-refractivity contribution in [1.29, 1.82) is 0 Å². The Morgan fingerprint density at radius 3 is 2.54 bits per heavy atom. The molecule has 1 aromatic rings. The number of benzene rings is 1. The highest BCUT2D eigenvalue weighted by Crippen LogP contribution is 2.33. The number of oxime groups is 1. The Morgan fingerprint density at radius 1 is 1.31 bits per heavy atom. The predicted molar refractivity (Wildman–Crippen MR) is 52.7 cm³/mol. The van der Waals surface area contributed by atoms with Crippen molar-refractivity contribution in [2.45, 2.75) is 12.8 Å². The first kappa shape index (κ1) is 8.30. The summed E-state index contributed by atoms with van der Waals surface area (Å²) in [6, 6.07) is 10.2. The van der Waals surface area contributed by atoms with Crippen LogP contribution in [0.5, 0.6) is 0 Å². The molecule has 0 aromatic heterocycles. The van der Waals surface area contributed by atoms with E-state index in [2.05, 4.69) is 17.3 Å². The molecular formula is C11H13NO. The van der Waals surface area contributed by atoms with Crippen LogP contribution in [-0.2, 0) is 4.84 Å². The Hall–Kier alpha value is -1.31. The van der Waals surface area contributed by atoms with Crippen LogP contribution in [0.15, 0.2) is 35.5 Å². The SMILES string of the molecule is CO/N=C(\c1ccccc1)C1CC1. The van der Waals surface area contributed by atoms with Gasteiger partial charge < -0.3 is 4.84 Å². The molecule has 0 N–H and O–H groups in total. The van der Waals surface area contributed by atoms with Gasteiger partial charge in [-0.15, -0.1) is 0 Å². The number of hydrogen-bond acceptors (Lipinski definition) is 2. The van der Waals surface area contributed by atoms with E-state index in [9.17, 15) is 0 Å². The van der Waals surface area contributed by atoms with Crippen molar-refractivity contribution in [2.24, 2.45) is 11.1 Å². The first-order valence-corrected chi connectivity index (χ1v) is 4.58. The first-order valence-electron chi connectivity index (χ1n) is 4.58. The standard InChI is InChI=1S/C11H13NO/c1-13-12-11(10-7-8-10)9-5-3-2-4-6-9/h2-6,10H,7-8H2,1H3/b12-11+. The summed E-state index contributed by atoms with van der Waals surface area (Å²) in [5.41, 5.74) is 2.29. The van der Waals surface area contributed by atoms with Gasteiger partial charge in [0.05, 0.1) is 5.71 Å². The van der Waals surface area contributed by atoms with Gasteiger partial charge in [0.15, 0.2) is 0 Å². The third-order valence-corrected chi connectivity index (χ3v) is 2.22. The van der Waals surface area contributed by atoms with E-state index in [-0.39, 0.29) is 0 Å². The largest absolute Gasteiger partial charge is 0.399 e. The molecule has 1 saturated carbocycles. The summed E-state index contributed by atoms with van der Waals surface area (Å²) in [6.45, 7) is 0. The fourth-order valence-corrected chi connectivity index (χ4v) is 1.43. The fraction of sp³-hybridized carbons (Fsp3) is 0.364. The number of rotatable bonds is 3. The molecule has 68 valence electrons. The van der Waals surface area contributed by atoms with Crippen LogP contribution >= 0.6 is 0 Å². The Labute approximate surface area is 78.2 Å². The summed E-state index contributed by atoms with van der Waals surface area (Å²) in [5, 5.41) is 4.07. The van der Waals surface area contributed by atoms with Gasteiger partial charge in [0.2, 0.25) is 0 Å². The zero-order chi connectivity index (χ0) is 9.10. The van der Waals surface area contributed by atoms with Crippen LogP contribution in [0.25, 0.3) is 0 Å². The van der Waals surface area contributed by atoms with E-state index >= 15 is 0 Å². The van der Waals surface area contributed by atoms with E-state index in [0.717, 1.165) is 5.71 Å². The molecule has 0 spiro atoms. The normalized spacial score (nSPS) is 17.2. The second-order valence-corrected chi connectivity index (χ2v) is 3.30. The summed E-state index contributed by atoms with van der Waals surface area (Å²) >= 11 is 0. The maximum atomic E-state index is 4.85. The van der Waals surface area contributed by atoms with Gasteiger partial charge in [-0.25, -0.2) is 0 Å². The Balaban J connectivity index is 2.25. The van der Waals surface area contributed by atoms with E-state index in [1.807, 2.05) is 18.2 Å². The van der Waals surface area contributed by atoms with Gasteiger partial charge in [-0.3, -0.25) is 0 Å². The molecule has 2 heteroatoms. The lowest BCUT2D eigenvalue weighted by Crippen LogP contribution is -2.03. The van der Waals surface area contributed by atoms with Gasteiger partial charge in [0.25, 0.3) is 0 Å². The highest BCUT2D eigenvalue weighted by Gasteiger charge is 2.28. The molecule has 0 aliphatic heterocycles. The van der Waals surface area contributed by atoms with E-state index in [0.29, 0.717) is 5.92 Å². The van der Waals surface area contributed by atoms with Crippen LogP contribution in [0.2, 0.25) is 0 Å². The van der Waals surface area contributed by atoms with Crippen LogP contribution in [0.1, 0.15) is 18.4 Å². The van der Waals surface area contributed by atoms with Crippen molar-refractivity contribution in [3.8, 4) is 0 Å². The van der Waals surface area contributed by atoms with Crippen LogP contribution in [0.3, 0.4) is 0 Å². The maximum absolute atomic E-state index is 4.85. The Kier molecular flexibility index (Phi) is 2.30. The summed E-state index contributed by atoms with van der Waals surface area (Å²) in [4.78, 5) is 4.85.